The summed E-state index contributed by atoms with van der Waals surface area (Å²) in [6, 6.07) is 9.56. The molecule has 1 aromatic heterocycles. The van der Waals surface area contributed by atoms with Crippen molar-refractivity contribution < 1.29 is 14.3 Å². The van der Waals surface area contributed by atoms with E-state index in [9.17, 15) is 4.79 Å². The number of hydrogen-bond acceptors (Lipinski definition) is 4. The van der Waals surface area contributed by atoms with Gasteiger partial charge in [0, 0.05) is 31.1 Å². The second-order valence-electron chi connectivity index (χ2n) is 5.93. The lowest BCUT2D eigenvalue weighted by atomic mass is 10.1. The van der Waals surface area contributed by atoms with Crippen LogP contribution in [0.4, 0.5) is 0 Å². The summed E-state index contributed by atoms with van der Waals surface area (Å²) in [5, 5.41) is 0. The van der Waals surface area contributed by atoms with Crippen LogP contribution in [0.2, 0.25) is 0 Å². The van der Waals surface area contributed by atoms with Crippen LogP contribution in [0, 0.1) is 0 Å². The summed E-state index contributed by atoms with van der Waals surface area (Å²) in [7, 11) is 3.20. The standard InChI is InChI=1S/C21H26N2O3/c1-5-23(13-10-17-8-11-22-12-9-17)21(24)16(2)14-18-6-7-19(25-3)20(15-18)26-4/h6-9,11-12,14-15H,5,10,13H2,1-4H3/b16-14+. The maximum absolute atomic E-state index is 12.8. The highest BCUT2D eigenvalue weighted by Gasteiger charge is 2.14. The third-order valence-electron chi connectivity index (χ3n) is 4.22. The first-order valence-corrected chi connectivity index (χ1v) is 8.67. The Bertz CT molecular complexity index is 757. The topological polar surface area (TPSA) is 51.7 Å². The zero-order valence-corrected chi connectivity index (χ0v) is 15.9. The highest BCUT2D eigenvalue weighted by Crippen LogP contribution is 2.28. The van der Waals surface area contributed by atoms with E-state index in [1.165, 1.54) is 5.56 Å². The van der Waals surface area contributed by atoms with Crippen molar-refractivity contribution in [2.45, 2.75) is 20.3 Å². The maximum Gasteiger partial charge on any atom is 0.249 e. The predicted molar refractivity (Wildman–Crippen MR) is 103 cm³/mol. The largest absolute Gasteiger partial charge is 0.493 e. The maximum atomic E-state index is 12.8. The van der Waals surface area contributed by atoms with Crippen LogP contribution < -0.4 is 9.47 Å². The van der Waals surface area contributed by atoms with E-state index in [1.807, 2.05) is 55.2 Å². The molecule has 0 aliphatic heterocycles. The molecule has 138 valence electrons. The van der Waals surface area contributed by atoms with Crippen molar-refractivity contribution in [3.8, 4) is 11.5 Å². The Kier molecular flexibility index (Phi) is 7.21. The van der Waals surface area contributed by atoms with E-state index in [2.05, 4.69) is 4.98 Å². The first-order valence-electron chi connectivity index (χ1n) is 8.67. The zero-order valence-electron chi connectivity index (χ0n) is 15.9. The molecule has 5 heteroatoms. The minimum atomic E-state index is 0.0383. The number of nitrogens with zero attached hydrogens (tertiary/aromatic N) is 2. The number of methoxy groups -OCH3 is 2. The fraction of sp³-hybridized carbons (Fsp3) is 0.333. The van der Waals surface area contributed by atoms with Gasteiger partial charge < -0.3 is 14.4 Å². The number of likely N-dealkylation sites (N-methyl/N-ethyl adjacent to an activating group) is 1. The van der Waals surface area contributed by atoms with Crippen molar-refractivity contribution in [1.82, 2.24) is 9.88 Å². The van der Waals surface area contributed by atoms with Gasteiger partial charge >= 0.3 is 0 Å². The molecular weight excluding hydrogens is 328 g/mol. The monoisotopic (exact) mass is 354 g/mol. The number of hydrogen-bond donors (Lipinski definition) is 0. The van der Waals surface area contributed by atoms with E-state index < -0.39 is 0 Å². The number of ether oxygens (including phenoxy) is 2. The summed E-state index contributed by atoms with van der Waals surface area (Å²) in [5.41, 5.74) is 2.76. The fourth-order valence-corrected chi connectivity index (χ4v) is 2.72. The van der Waals surface area contributed by atoms with Crippen molar-refractivity contribution in [3.63, 3.8) is 0 Å². The highest BCUT2D eigenvalue weighted by atomic mass is 16.5. The second kappa shape index (κ2) is 9.61. The summed E-state index contributed by atoms with van der Waals surface area (Å²) in [6.45, 7) is 5.18. The van der Waals surface area contributed by atoms with Crippen molar-refractivity contribution >= 4 is 12.0 Å². The second-order valence-corrected chi connectivity index (χ2v) is 5.93. The number of pyridine rings is 1. The molecular formula is C21H26N2O3. The molecule has 5 nitrogen and oxygen atoms in total. The average Bonchev–Trinajstić information content (AvgIpc) is 2.68. The van der Waals surface area contributed by atoms with Gasteiger partial charge in [-0.25, -0.2) is 0 Å². The van der Waals surface area contributed by atoms with E-state index in [0.29, 0.717) is 30.2 Å². The van der Waals surface area contributed by atoms with Gasteiger partial charge in [0.15, 0.2) is 11.5 Å². The number of amides is 1. The summed E-state index contributed by atoms with van der Waals surface area (Å²) < 4.78 is 10.6. The number of benzene rings is 1. The molecule has 2 rings (SSSR count). The Hall–Kier alpha value is -2.82. The smallest absolute Gasteiger partial charge is 0.249 e. The Morgan fingerprint density at radius 2 is 1.81 bits per heavy atom. The molecule has 26 heavy (non-hydrogen) atoms. The molecule has 1 aromatic carbocycles. The van der Waals surface area contributed by atoms with Gasteiger partial charge in [0.2, 0.25) is 5.91 Å². The molecule has 0 aliphatic rings. The van der Waals surface area contributed by atoms with E-state index in [-0.39, 0.29) is 5.91 Å². The molecule has 0 radical (unpaired) electrons. The van der Waals surface area contributed by atoms with Gasteiger partial charge in [0.25, 0.3) is 0 Å². The van der Waals surface area contributed by atoms with Crippen LogP contribution in [0.1, 0.15) is 25.0 Å². The third-order valence-corrected chi connectivity index (χ3v) is 4.22. The number of carbonyl (C=O) groups is 1. The van der Waals surface area contributed by atoms with Crippen LogP contribution in [0.25, 0.3) is 6.08 Å². The summed E-state index contributed by atoms with van der Waals surface area (Å²) in [6.07, 6.45) is 6.23. The zero-order chi connectivity index (χ0) is 18.9. The lowest BCUT2D eigenvalue weighted by Crippen LogP contribution is -2.33. The molecule has 0 fully saturated rings. The molecule has 0 saturated heterocycles. The lowest BCUT2D eigenvalue weighted by molar-refractivity contribution is -0.126. The van der Waals surface area contributed by atoms with Gasteiger partial charge in [0.05, 0.1) is 14.2 Å². The minimum Gasteiger partial charge on any atom is -0.493 e. The Balaban J connectivity index is 2.09. The molecule has 0 atom stereocenters. The van der Waals surface area contributed by atoms with E-state index in [0.717, 1.165) is 12.0 Å². The first kappa shape index (κ1) is 19.5. The normalized spacial score (nSPS) is 11.2. The fourth-order valence-electron chi connectivity index (χ4n) is 2.72. The molecule has 0 spiro atoms. The summed E-state index contributed by atoms with van der Waals surface area (Å²) in [4.78, 5) is 18.6. The Morgan fingerprint density at radius 3 is 2.42 bits per heavy atom. The molecule has 0 bridgehead atoms. The third kappa shape index (κ3) is 5.09. The molecule has 1 heterocycles. The van der Waals surface area contributed by atoms with Crippen molar-refractivity contribution in [2.75, 3.05) is 27.3 Å². The Morgan fingerprint density at radius 1 is 1.12 bits per heavy atom. The molecule has 0 aliphatic carbocycles. The van der Waals surface area contributed by atoms with Crippen LogP contribution in [0.3, 0.4) is 0 Å². The van der Waals surface area contributed by atoms with Crippen LogP contribution in [0.5, 0.6) is 11.5 Å². The van der Waals surface area contributed by atoms with Crippen molar-refractivity contribution in [2.24, 2.45) is 0 Å². The molecule has 0 saturated carbocycles. The summed E-state index contributed by atoms with van der Waals surface area (Å²) >= 11 is 0. The SMILES string of the molecule is CCN(CCc1ccncc1)C(=O)/C(C)=C/c1ccc(OC)c(OC)c1. The first-order chi connectivity index (χ1) is 12.6. The van der Waals surface area contributed by atoms with Crippen LogP contribution >= 0.6 is 0 Å². The van der Waals surface area contributed by atoms with Gasteiger partial charge in [-0.3, -0.25) is 9.78 Å². The van der Waals surface area contributed by atoms with Crippen molar-refractivity contribution in [3.05, 3.63) is 59.4 Å². The predicted octanol–water partition coefficient (Wildman–Crippen LogP) is 3.59. The molecule has 0 N–H and O–H groups in total. The van der Waals surface area contributed by atoms with E-state index in [4.69, 9.17) is 9.47 Å². The van der Waals surface area contributed by atoms with Gasteiger partial charge in [-0.15, -0.1) is 0 Å². The van der Waals surface area contributed by atoms with E-state index in [1.54, 1.807) is 26.6 Å². The Labute approximate surface area is 155 Å². The summed E-state index contributed by atoms with van der Waals surface area (Å²) in [5.74, 6) is 1.35. The van der Waals surface area contributed by atoms with Crippen LogP contribution in [-0.2, 0) is 11.2 Å². The van der Waals surface area contributed by atoms with Gasteiger partial charge in [-0.2, -0.15) is 0 Å². The number of aromatic nitrogens is 1. The lowest BCUT2D eigenvalue weighted by Gasteiger charge is -2.21. The molecule has 1 amide bonds. The molecule has 2 aromatic rings. The van der Waals surface area contributed by atoms with Crippen LogP contribution in [0.15, 0.2) is 48.3 Å². The molecule has 0 unspecified atom stereocenters. The van der Waals surface area contributed by atoms with E-state index >= 15 is 0 Å². The van der Waals surface area contributed by atoms with Gasteiger partial charge in [-0.05, 0) is 61.7 Å². The quantitative estimate of drug-likeness (QED) is 0.680. The van der Waals surface area contributed by atoms with Crippen LogP contribution in [-0.4, -0.2) is 43.1 Å². The highest BCUT2D eigenvalue weighted by molar-refractivity contribution is 5.97. The minimum absolute atomic E-state index is 0.0383. The van der Waals surface area contributed by atoms with Crippen molar-refractivity contribution in [1.29, 1.82) is 0 Å². The average molecular weight is 354 g/mol. The van der Waals surface area contributed by atoms with Gasteiger partial charge in [-0.1, -0.05) is 6.07 Å². The number of rotatable bonds is 8. The van der Waals surface area contributed by atoms with Gasteiger partial charge in [0.1, 0.15) is 0 Å². The number of carbonyl (C=O) groups excluding carboxylic acids is 1.